The summed E-state index contributed by atoms with van der Waals surface area (Å²) in [5, 5.41) is 6.70. The van der Waals surface area contributed by atoms with Gasteiger partial charge in [-0.15, -0.1) is 0 Å². The number of fused-ring (bicyclic) bond motifs is 2. The average Bonchev–Trinajstić information content (AvgIpc) is 2.91. The Morgan fingerprint density at radius 2 is 0.971 bits per heavy atom. The lowest BCUT2D eigenvalue weighted by molar-refractivity contribution is 0.0979. The van der Waals surface area contributed by atoms with Crippen LogP contribution in [-0.4, -0.2) is 24.7 Å². The van der Waals surface area contributed by atoms with Crippen molar-refractivity contribution in [2.24, 2.45) is 0 Å². The first-order valence-electron chi connectivity index (χ1n) is 11.6. The van der Waals surface area contributed by atoms with Gasteiger partial charge in [0.2, 0.25) is 0 Å². The molecule has 0 aromatic heterocycles. The molecule has 0 heterocycles. The molecule has 4 aromatic rings. The van der Waals surface area contributed by atoms with Gasteiger partial charge in [0.15, 0.2) is 11.6 Å². The summed E-state index contributed by atoms with van der Waals surface area (Å²) < 4.78 is 0. The van der Waals surface area contributed by atoms with Crippen LogP contribution >= 0.6 is 0 Å². The van der Waals surface area contributed by atoms with Crippen molar-refractivity contribution in [3.8, 4) is 0 Å². The molecule has 5 rings (SSSR count). The Morgan fingerprint density at radius 3 is 1.47 bits per heavy atom. The molecule has 0 atom stereocenters. The number of rotatable bonds is 6. The van der Waals surface area contributed by atoms with E-state index in [0.717, 1.165) is 36.4 Å². The van der Waals surface area contributed by atoms with E-state index >= 15 is 0 Å². The van der Waals surface area contributed by atoms with Crippen LogP contribution in [-0.2, 0) is 6.42 Å². The molecule has 4 nitrogen and oxygen atoms in total. The van der Waals surface area contributed by atoms with Crippen LogP contribution < -0.4 is 10.6 Å². The number of anilines is 2. The first-order chi connectivity index (χ1) is 16.7. The molecule has 0 bridgehead atoms. The third-order valence-corrected chi connectivity index (χ3v) is 5.73. The smallest absolute Gasteiger partial charge is 0.194 e. The topological polar surface area (TPSA) is 58.2 Å². The summed E-state index contributed by atoms with van der Waals surface area (Å²) in [4.78, 5) is 24.7. The number of nitrogens with one attached hydrogen (secondary N) is 2. The molecule has 0 radical (unpaired) electrons. The summed E-state index contributed by atoms with van der Waals surface area (Å²) in [6.07, 6.45) is 0.858. The first kappa shape index (κ1) is 23.0. The molecular formula is C30H28N2O2. The van der Waals surface area contributed by atoms with Gasteiger partial charge in [-0.05, 0) is 42.3 Å². The zero-order chi connectivity index (χ0) is 23.8. The summed E-state index contributed by atoms with van der Waals surface area (Å²) in [7, 11) is 0. The molecule has 0 amide bonds. The number of ketones is 2. The van der Waals surface area contributed by atoms with Crippen molar-refractivity contribution >= 4 is 22.9 Å². The third-order valence-electron chi connectivity index (χ3n) is 5.73. The number of carbonyl (C=O) groups is 2. The largest absolute Gasteiger partial charge is 0.383 e. The molecule has 0 fully saturated rings. The van der Waals surface area contributed by atoms with E-state index in [1.54, 1.807) is 30.3 Å². The predicted octanol–water partition coefficient (Wildman–Crippen LogP) is 6.24. The average molecular weight is 449 g/mol. The van der Waals surface area contributed by atoms with Crippen LogP contribution in [0, 0.1) is 0 Å². The minimum Gasteiger partial charge on any atom is -0.383 e. The Labute approximate surface area is 200 Å². The number of hydrogen-bond donors (Lipinski definition) is 2. The molecule has 0 unspecified atom stereocenters. The highest BCUT2D eigenvalue weighted by molar-refractivity contribution is 6.28. The fourth-order valence-corrected chi connectivity index (χ4v) is 3.89. The van der Waals surface area contributed by atoms with Crippen molar-refractivity contribution in [1.29, 1.82) is 0 Å². The molecule has 1 aliphatic rings. The number of aryl methyl sites for hydroxylation is 1. The van der Waals surface area contributed by atoms with Gasteiger partial charge < -0.3 is 10.6 Å². The number of carbonyl (C=O) groups excluding carboxylic acids is 2. The van der Waals surface area contributed by atoms with Crippen molar-refractivity contribution in [1.82, 2.24) is 0 Å². The summed E-state index contributed by atoms with van der Waals surface area (Å²) in [5.41, 5.74) is 5.50. The second-order valence-electron chi connectivity index (χ2n) is 8.02. The van der Waals surface area contributed by atoms with Gasteiger partial charge in [0, 0.05) is 46.7 Å². The molecule has 170 valence electrons. The monoisotopic (exact) mass is 448 g/mol. The van der Waals surface area contributed by atoms with Crippen LogP contribution in [0.4, 0.5) is 11.4 Å². The second kappa shape index (κ2) is 11.1. The van der Waals surface area contributed by atoms with E-state index in [9.17, 15) is 9.59 Å². The van der Waals surface area contributed by atoms with Crippen molar-refractivity contribution in [2.75, 3.05) is 23.7 Å². The summed E-state index contributed by atoms with van der Waals surface area (Å²) in [6, 6.07) is 33.0. The SMILES string of the molecule is CCc1ccc2c(c1)C(=O)c1ccccc1C2=O.c1ccc(NCCNc2ccccc2)cc1. The standard InChI is InChI=1S/C16H12O2.C14H16N2/c1-2-10-7-8-13-14(9-10)16(18)12-6-4-3-5-11(12)15(13)17;1-3-7-13(8-4-1)15-11-12-16-14-9-5-2-6-10-14/h3-9H,2H2,1H3;1-10,15-16H,11-12H2. The molecule has 0 saturated carbocycles. The maximum Gasteiger partial charge on any atom is 0.194 e. The van der Waals surface area contributed by atoms with E-state index in [1.165, 1.54) is 0 Å². The molecule has 4 heteroatoms. The van der Waals surface area contributed by atoms with Crippen molar-refractivity contribution in [2.45, 2.75) is 13.3 Å². The molecular weight excluding hydrogens is 420 g/mol. The van der Waals surface area contributed by atoms with E-state index in [0.29, 0.717) is 22.3 Å². The van der Waals surface area contributed by atoms with E-state index in [1.807, 2.05) is 55.5 Å². The van der Waals surface area contributed by atoms with Gasteiger partial charge in [-0.2, -0.15) is 0 Å². The Hall–Kier alpha value is -4.18. The highest BCUT2D eigenvalue weighted by atomic mass is 16.1. The Bertz CT molecular complexity index is 1230. The molecule has 34 heavy (non-hydrogen) atoms. The van der Waals surface area contributed by atoms with Gasteiger partial charge in [-0.1, -0.05) is 79.7 Å². The fourth-order valence-electron chi connectivity index (χ4n) is 3.89. The van der Waals surface area contributed by atoms with Gasteiger partial charge in [0.05, 0.1) is 0 Å². The summed E-state index contributed by atoms with van der Waals surface area (Å²) >= 11 is 0. The van der Waals surface area contributed by atoms with Crippen LogP contribution in [0.3, 0.4) is 0 Å². The first-order valence-corrected chi connectivity index (χ1v) is 11.6. The van der Waals surface area contributed by atoms with Crippen LogP contribution in [0.5, 0.6) is 0 Å². The van der Waals surface area contributed by atoms with Crippen molar-refractivity contribution < 1.29 is 9.59 Å². The molecule has 1 aliphatic carbocycles. The third kappa shape index (κ3) is 5.41. The number of para-hydroxylation sites is 2. The molecule has 0 spiro atoms. The zero-order valence-electron chi connectivity index (χ0n) is 19.3. The maximum absolute atomic E-state index is 12.4. The zero-order valence-corrected chi connectivity index (χ0v) is 19.3. The molecule has 0 aliphatic heterocycles. The lowest BCUT2D eigenvalue weighted by atomic mass is 9.83. The minimum absolute atomic E-state index is 0.0458. The number of benzene rings is 4. The fraction of sp³-hybridized carbons (Fsp3) is 0.133. The second-order valence-corrected chi connectivity index (χ2v) is 8.02. The lowest BCUT2D eigenvalue weighted by Gasteiger charge is -2.17. The number of hydrogen-bond acceptors (Lipinski definition) is 4. The maximum atomic E-state index is 12.4. The van der Waals surface area contributed by atoms with Crippen LogP contribution in [0.1, 0.15) is 44.3 Å². The quantitative estimate of drug-likeness (QED) is 0.302. The normalized spacial score (nSPS) is 11.6. The van der Waals surface area contributed by atoms with Crippen molar-refractivity contribution in [3.05, 3.63) is 131 Å². The van der Waals surface area contributed by atoms with E-state index in [-0.39, 0.29) is 11.6 Å². The Morgan fingerprint density at radius 1 is 0.529 bits per heavy atom. The summed E-state index contributed by atoms with van der Waals surface area (Å²) in [5.74, 6) is -0.0987. The molecule has 0 saturated heterocycles. The van der Waals surface area contributed by atoms with E-state index in [2.05, 4.69) is 34.9 Å². The van der Waals surface area contributed by atoms with Gasteiger partial charge in [-0.3, -0.25) is 9.59 Å². The highest BCUT2D eigenvalue weighted by Gasteiger charge is 2.29. The van der Waals surface area contributed by atoms with E-state index in [4.69, 9.17) is 0 Å². The molecule has 2 N–H and O–H groups in total. The van der Waals surface area contributed by atoms with Gasteiger partial charge in [0.1, 0.15) is 0 Å². The Kier molecular flexibility index (Phi) is 7.51. The predicted molar refractivity (Wildman–Crippen MR) is 139 cm³/mol. The van der Waals surface area contributed by atoms with Gasteiger partial charge in [-0.25, -0.2) is 0 Å². The highest BCUT2D eigenvalue weighted by Crippen LogP contribution is 2.27. The van der Waals surface area contributed by atoms with Crippen molar-refractivity contribution in [3.63, 3.8) is 0 Å². The van der Waals surface area contributed by atoms with Gasteiger partial charge in [0.25, 0.3) is 0 Å². The van der Waals surface area contributed by atoms with Gasteiger partial charge >= 0.3 is 0 Å². The van der Waals surface area contributed by atoms with Crippen LogP contribution in [0.25, 0.3) is 0 Å². The molecule has 4 aromatic carbocycles. The summed E-state index contributed by atoms with van der Waals surface area (Å²) in [6.45, 7) is 3.86. The minimum atomic E-state index is -0.0529. The van der Waals surface area contributed by atoms with Crippen LogP contribution in [0.2, 0.25) is 0 Å². The van der Waals surface area contributed by atoms with Crippen LogP contribution in [0.15, 0.2) is 103 Å². The lowest BCUT2D eigenvalue weighted by Crippen LogP contribution is -2.20. The van der Waals surface area contributed by atoms with E-state index < -0.39 is 0 Å². The Balaban J connectivity index is 0.000000162.